The SMILES string of the molecule is CC.CC#Cc1ccc(CC)cn1. The van der Waals surface area contributed by atoms with E-state index in [0.717, 1.165) is 12.1 Å². The number of aryl methyl sites for hydroxylation is 1. The van der Waals surface area contributed by atoms with E-state index in [4.69, 9.17) is 0 Å². The summed E-state index contributed by atoms with van der Waals surface area (Å²) < 4.78 is 0. The highest BCUT2D eigenvalue weighted by molar-refractivity contribution is 5.28. The molecule has 0 saturated heterocycles. The highest BCUT2D eigenvalue weighted by atomic mass is 14.7. The van der Waals surface area contributed by atoms with E-state index < -0.39 is 0 Å². The zero-order chi connectivity index (χ0) is 10.1. The van der Waals surface area contributed by atoms with Crippen LogP contribution in [0.5, 0.6) is 0 Å². The maximum Gasteiger partial charge on any atom is 0.113 e. The van der Waals surface area contributed by atoms with Crippen molar-refractivity contribution in [2.24, 2.45) is 0 Å². The van der Waals surface area contributed by atoms with Gasteiger partial charge in [-0.15, -0.1) is 0 Å². The smallest absolute Gasteiger partial charge is 0.113 e. The van der Waals surface area contributed by atoms with Crippen LogP contribution in [-0.4, -0.2) is 4.98 Å². The lowest BCUT2D eigenvalue weighted by molar-refractivity contribution is 1.10. The third-order valence-electron chi connectivity index (χ3n) is 1.49. The Kier molecular flexibility index (Phi) is 6.63. The third-order valence-corrected chi connectivity index (χ3v) is 1.49. The van der Waals surface area contributed by atoms with E-state index in [1.807, 2.05) is 33.0 Å². The Labute approximate surface area is 81.2 Å². The summed E-state index contributed by atoms with van der Waals surface area (Å²) in [6.45, 7) is 7.93. The van der Waals surface area contributed by atoms with Crippen LogP contribution in [-0.2, 0) is 6.42 Å². The highest BCUT2D eigenvalue weighted by Gasteiger charge is 1.88. The minimum atomic E-state index is 0.852. The van der Waals surface area contributed by atoms with Gasteiger partial charge < -0.3 is 0 Å². The third kappa shape index (κ3) is 4.32. The lowest BCUT2D eigenvalue weighted by Crippen LogP contribution is -1.84. The Bertz CT molecular complexity index is 274. The summed E-state index contributed by atoms with van der Waals surface area (Å²) in [5.41, 5.74) is 2.11. The summed E-state index contributed by atoms with van der Waals surface area (Å²) in [6.07, 6.45) is 2.91. The summed E-state index contributed by atoms with van der Waals surface area (Å²) in [6, 6.07) is 4.02. The number of pyridine rings is 1. The van der Waals surface area contributed by atoms with Crippen LogP contribution in [0.2, 0.25) is 0 Å². The first kappa shape index (κ1) is 11.7. The molecule has 0 saturated carbocycles. The molecule has 0 aliphatic heterocycles. The van der Waals surface area contributed by atoms with Crippen molar-refractivity contribution in [3.63, 3.8) is 0 Å². The van der Waals surface area contributed by atoms with Crippen molar-refractivity contribution < 1.29 is 0 Å². The largest absolute Gasteiger partial charge is 0.248 e. The van der Waals surface area contributed by atoms with Gasteiger partial charge in [-0.1, -0.05) is 32.8 Å². The quantitative estimate of drug-likeness (QED) is 0.598. The van der Waals surface area contributed by atoms with Crippen molar-refractivity contribution >= 4 is 0 Å². The lowest BCUT2D eigenvalue weighted by atomic mass is 10.2. The first-order valence-electron chi connectivity index (χ1n) is 4.74. The molecule has 0 amide bonds. The van der Waals surface area contributed by atoms with E-state index in [1.165, 1.54) is 5.56 Å². The van der Waals surface area contributed by atoms with Crippen LogP contribution in [0.1, 0.15) is 39.0 Å². The van der Waals surface area contributed by atoms with Crippen molar-refractivity contribution in [2.45, 2.75) is 34.1 Å². The molecule has 0 unspecified atom stereocenters. The van der Waals surface area contributed by atoms with Gasteiger partial charge >= 0.3 is 0 Å². The van der Waals surface area contributed by atoms with E-state index in [-0.39, 0.29) is 0 Å². The number of rotatable bonds is 1. The summed E-state index contributed by atoms with van der Waals surface area (Å²) in [7, 11) is 0. The van der Waals surface area contributed by atoms with E-state index >= 15 is 0 Å². The van der Waals surface area contributed by atoms with Gasteiger partial charge in [-0.05, 0) is 30.9 Å². The van der Waals surface area contributed by atoms with E-state index in [0.29, 0.717) is 0 Å². The van der Waals surface area contributed by atoms with Gasteiger partial charge in [-0.3, -0.25) is 0 Å². The molecule has 70 valence electrons. The molecule has 1 rings (SSSR count). The average Bonchev–Trinajstić information content (AvgIpc) is 2.23. The molecule has 1 nitrogen and oxygen atoms in total. The lowest BCUT2D eigenvalue weighted by Gasteiger charge is -1.93. The predicted molar refractivity (Wildman–Crippen MR) is 57.5 cm³/mol. The Hall–Kier alpha value is -1.29. The fraction of sp³-hybridized carbons (Fsp3) is 0.417. The molecule has 0 aliphatic carbocycles. The van der Waals surface area contributed by atoms with Crippen LogP contribution in [0.4, 0.5) is 0 Å². The second-order valence-corrected chi connectivity index (χ2v) is 2.28. The van der Waals surface area contributed by atoms with Crippen LogP contribution >= 0.6 is 0 Å². The van der Waals surface area contributed by atoms with Gasteiger partial charge in [0.15, 0.2) is 0 Å². The van der Waals surface area contributed by atoms with Gasteiger partial charge in [0.25, 0.3) is 0 Å². The summed E-state index contributed by atoms with van der Waals surface area (Å²) >= 11 is 0. The van der Waals surface area contributed by atoms with Crippen molar-refractivity contribution in [3.8, 4) is 11.8 Å². The minimum Gasteiger partial charge on any atom is -0.248 e. The van der Waals surface area contributed by atoms with Gasteiger partial charge in [-0.25, -0.2) is 4.98 Å². The zero-order valence-corrected chi connectivity index (χ0v) is 8.89. The van der Waals surface area contributed by atoms with Crippen molar-refractivity contribution in [3.05, 3.63) is 29.6 Å². The standard InChI is InChI=1S/C10H11N.C2H6/c1-3-5-10-7-6-9(4-2)8-11-10;1-2/h6-8H,4H2,1-2H3;1-2H3. The molecule has 1 heteroatoms. The summed E-state index contributed by atoms with van der Waals surface area (Å²) in [5, 5.41) is 0. The van der Waals surface area contributed by atoms with Gasteiger partial charge in [0.05, 0.1) is 0 Å². The average molecular weight is 175 g/mol. The van der Waals surface area contributed by atoms with Gasteiger partial charge in [0, 0.05) is 6.20 Å². The molecule has 0 fully saturated rings. The van der Waals surface area contributed by atoms with Crippen LogP contribution in [0.3, 0.4) is 0 Å². The van der Waals surface area contributed by atoms with Crippen LogP contribution < -0.4 is 0 Å². The second-order valence-electron chi connectivity index (χ2n) is 2.28. The number of hydrogen-bond acceptors (Lipinski definition) is 1. The van der Waals surface area contributed by atoms with E-state index in [9.17, 15) is 0 Å². The second kappa shape index (κ2) is 7.36. The van der Waals surface area contributed by atoms with Gasteiger partial charge in [0.1, 0.15) is 5.69 Å². The maximum atomic E-state index is 4.17. The van der Waals surface area contributed by atoms with Gasteiger partial charge in [-0.2, -0.15) is 0 Å². The predicted octanol–water partition coefficient (Wildman–Crippen LogP) is 3.04. The zero-order valence-electron chi connectivity index (χ0n) is 8.89. The molecule has 1 heterocycles. The Morgan fingerprint density at radius 1 is 1.31 bits per heavy atom. The normalized spacial score (nSPS) is 7.69. The first-order chi connectivity index (χ1) is 6.36. The molecule has 0 aromatic carbocycles. The van der Waals surface area contributed by atoms with Crippen molar-refractivity contribution in [2.75, 3.05) is 0 Å². The Morgan fingerprint density at radius 3 is 2.38 bits per heavy atom. The van der Waals surface area contributed by atoms with Crippen LogP contribution in [0.25, 0.3) is 0 Å². The molecule has 1 aromatic heterocycles. The monoisotopic (exact) mass is 175 g/mol. The molecule has 0 bridgehead atoms. The molecular weight excluding hydrogens is 158 g/mol. The Morgan fingerprint density at radius 2 is 2.00 bits per heavy atom. The minimum absolute atomic E-state index is 0.852. The highest BCUT2D eigenvalue weighted by Crippen LogP contribution is 1.99. The fourth-order valence-electron chi connectivity index (χ4n) is 0.836. The fourth-order valence-corrected chi connectivity index (χ4v) is 0.836. The van der Waals surface area contributed by atoms with Crippen molar-refractivity contribution in [1.29, 1.82) is 0 Å². The van der Waals surface area contributed by atoms with Crippen LogP contribution in [0.15, 0.2) is 18.3 Å². The molecule has 13 heavy (non-hydrogen) atoms. The van der Waals surface area contributed by atoms with Crippen LogP contribution in [0, 0.1) is 11.8 Å². The van der Waals surface area contributed by atoms with E-state index in [1.54, 1.807) is 0 Å². The Balaban J connectivity index is 0.000000671. The molecule has 0 spiro atoms. The summed E-state index contributed by atoms with van der Waals surface area (Å²) in [4.78, 5) is 4.17. The molecule has 0 atom stereocenters. The molecule has 0 aliphatic rings. The topological polar surface area (TPSA) is 12.9 Å². The number of aromatic nitrogens is 1. The first-order valence-corrected chi connectivity index (χ1v) is 4.74. The molecule has 1 aromatic rings. The maximum absolute atomic E-state index is 4.17. The molecule has 0 radical (unpaired) electrons. The number of nitrogens with zero attached hydrogens (tertiary/aromatic N) is 1. The van der Waals surface area contributed by atoms with Gasteiger partial charge in [0.2, 0.25) is 0 Å². The summed E-state index contributed by atoms with van der Waals surface area (Å²) in [5.74, 6) is 5.71. The molecule has 0 N–H and O–H groups in total. The van der Waals surface area contributed by atoms with E-state index in [2.05, 4.69) is 29.8 Å². The number of hydrogen-bond donors (Lipinski definition) is 0. The molecular formula is C12H17N. The van der Waals surface area contributed by atoms with Crippen molar-refractivity contribution in [1.82, 2.24) is 4.98 Å².